The van der Waals surface area contributed by atoms with E-state index in [0.717, 1.165) is 37.3 Å². The highest BCUT2D eigenvalue weighted by Gasteiger charge is 2.30. The van der Waals surface area contributed by atoms with Crippen molar-refractivity contribution in [2.24, 2.45) is 0 Å². The van der Waals surface area contributed by atoms with E-state index >= 15 is 0 Å². The molecule has 1 unspecified atom stereocenters. The molecule has 25 heavy (non-hydrogen) atoms. The largest absolute Gasteiger partial charge is 0.322 e. The number of piperidine rings is 1. The van der Waals surface area contributed by atoms with Gasteiger partial charge in [-0.1, -0.05) is 0 Å². The molecular formula is C17H20N6O2. The molecule has 1 atom stereocenters. The van der Waals surface area contributed by atoms with Crippen LogP contribution < -0.4 is 10.2 Å². The zero-order valence-electron chi connectivity index (χ0n) is 13.8. The summed E-state index contributed by atoms with van der Waals surface area (Å²) in [5.41, 5.74) is 1.58. The van der Waals surface area contributed by atoms with Crippen LogP contribution >= 0.6 is 0 Å². The quantitative estimate of drug-likeness (QED) is 0.838. The highest BCUT2D eigenvalue weighted by molar-refractivity contribution is 5.99. The van der Waals surface area contributed by atoms with Crippen molar-refractivity contribution in [3.63, 3.8) is 0 Å². The number of aromatic amines is 1. The summed E-state index contributed by atoms with van der Waals surface area (Å²) in [6.45, 7) is 1.45. The van der Waals surface area contributed by atoms with E-state index in [2.05, 4.69) is 20.5 Å². The third-order valence-corrected chi connectivity index (χ3v) is 4.79. The number of benzene rings is 1. The molecule has 2 N–H and O–H groups in total. The van der Waals surface area contributed by atoms with Gasteiger partial charge in [-0.3, -0.25) is 9.89 Å². The van der Waals surface area contributed by atoms with Gasteiger partial charge >= 0.3 is 6.03 Å². The smallest absolute Gasteiger partial charge is 0.314 e. The summed E-state index contributed by atoms with van der Waals surface area (Å²) in [7, 11) is 0. The van der Waals surface area contributed by atoms with Gasteiger partial charge in [0, 0.05) is 30.9 Å². The van der Waals surface area contributed by atoms with Gasteiger partial charge in [-0.25, -0.2) is 9.78 Å². The normalized spacial score (nSPS) is 20.3. The number of hydrogen-bond acceptors (Lipinski definition) is 4. The molecule has 1 aromatic carbocycles. The minimum Gasteiger partial charge on any atom is -0.314 e. The standard InChI is InChI=1S/C17H20N6O2/c24-15-8-10-22(15)13-6-4-12(5-7-13)20-17(25)23-9-2-1-3-14(23)16-18-11-19-21-16/h4-7,11,14H,1-3,8-10H2,(H,20,25)(H,18,19,21). The molecule has 0 saturated carbocycles. The van der Waals surface area contributed by atoms with Crippen molar-refractivity contribution in [2.75, 3.05) is 23.3 Å². The fourth-order valence-electron chi connectivity index (χ4n) is 3.34. The summed E-state index contributed by atoms with van der Waals surface area (Å²) in [4.78, 5) is 31.9. The Morgan fingerprint density at radius 3 is 2.68 bits per heavy atom. The Hall–Kier alpha value is -2.90. The van der Waals surface area contributed by atoms with E-state index < -0.39 is 0 Å². The van der Waals surface area contributed by atoms with Crippen molar-refractivity contribution in [3.8, 4) is 0 Å². The number of anilines is 2. The van der Waals surface area contributed by atoms with Gasteiger partial charge in [-0.05, 0) is 43.5 Å². The molecule has 8 nitrogen and oxygen atoms in total. The Morgan fingerprint density at radius 1 is 1.20 bits per heavy atom. The van der Waals surface area contributed by atoms with Crippen LogP contribution in [0.4, 0.5) is 16.2 Å². The molecule has 2 aliphatic heterocycles. The van der Waals surface area contributed by atoms with E-state index in [0.29, 0.717) is 18.7 Å². The van der Waals surface area contributed by atoms with Crippen LogP contribution in [0, 0.1) is 0 Å². The molecule has 3 amide bonds. The van der Waals surface area contributed by atoms with E-state index in [1.54, 1.807) is 9.80 Å². The Balaban J connectivity index is 1.44. The number of nitrogens with zero attached hydrogens (tertiary/aromatic N) is 4. The minimum absolute atomic E-state index is 0.0748. The summed E-state index contributed by atoms with van der Waals surface area (Å²) in [6.07, 6.45) is 4.99. The average molecular weight is 340 g/mol. The number of rotatable bonds is 3. The third-order valence-electron chi connectivity index (χ3n) is 4.79. The van der Waals surface area contributed by atoms with Gasteiger partial charge in [0.25, 0.3) is 0 Å². The van der Waals surface area contributed by atoms with E-state index in [1.165, 1.54) is 6.33 Å². The van der Waals surface area contributed by atoms with Crippen LogP contribution in [0.25, 0.3) is 0 Å². The average Bonchev–Trinajstić information content (AvgIpc) is 3.16. The second kappa shape index (κ2) is 6.54. The van der Waals surface area contributed by atoms with Crippen molar-refractivity contribution < 1.29 is 9.59 Å². The maximum Gasteiger partial charge on any atom is 0.322 e. The van der Waals surface area contributed by atoms with Crippen molar-refractivity contribution in [3.05, 3.63) is 36.4 Å². The molecule has 2 aromatic rings. The van der Waals surface area contributed by atoms with Crippen LogP contribution in [0.3, 0.4) is 0 Å². The Kier molecular flexibility index (Phi) is 4.09. The maximum absolute atomic E-state index is 12.7. The molecule has 2 fully saturated rings. The summed E-state index contributed by atoms with van der Waals surface area (Å²) < 4.78 is 0. The first-order valence-corrected chi connectivity index (χ1v) is 8.56. The van der Waals surface area contributed by atoms with Gasteiger partial charge in [0.05, 0.1) is 6.04 Å². The predicted molar refractivity (Wildman–Crippen MR) is 92.1 cm³/mol. The highest BCUT2D eigenvalue weighted by Crippen LogP contribution is 2.29. The molecular weight excluding hydrogens is 320 g/mol. The van der Waals surface area contributed by atoms with Crippen LogP contribution in [0.1, 0.15) is 37.5 Å². The summed E-state index contributed by atoms with van der Waals surface area (Å²) in [5, 5.41) is 9.71. The molecule has 0 radical (unpaired) electrons. The number of carbonyl (C=O) groups is 2. The Morgan fingerprint density at radius 2 is 2.04 bits per heavy atom. The van der Waals surface area contributed by atoms with Gasteiger partial charge < -0.3 is 15.1 Å². The van der Waals surface area contributed by atoms with Crippen LogP contribution in [0.15, 0.2) is 30.6 Å². The van der Waals surface area contributed by atoms with Gasteiger partial charge in [0.2, 0.25) is 5.91 Å². The predicted octanol–water partition coefficient (Wildman–Crippen LogP) is 2.30. The summed E-state index contributed by atoms with van der Waals surface area (Å²) in [5.74, 6) is 0.862. The zero-order valence-corrected chi connectivity index (χ0v) is 13.8. The number of aromatic nitrogens is 3. The van der Waals surface area contributed by atoms with Gasteiger partial charge in [-0.15, -0.1) is 0 Å². The van der Waals surface area contributed by atoms with Crippen molar-refractivity contribution in [2.45, 2.75) is 31.7 Å². The highest BCUT2D eigenvalue weighted by atomic mass is 16.2. The van der Waals surface area contributed by atoms with E-state index in [4.69, 9.17) is 0 Å². The second-order valence-corrected chi connectivity index (χ2v) is 6.35. The fraction of sp³-hybridized carbons (Fsp3) is 0.412. The van der Waals surface area contributed by atoms with Gasteiger partial charge in [0.1, 0.15) is 12.2 Å². The lowest BCUT2D eigenvalue weighted by atomic mass is 10.0. The first kappa shape index (κ1) is 15.6. The van der Waals surface area contributed by atoms with Crippen LogP contribution in [-0.2, 0) is 4.79 Å². The molecule has 8 heteroatoms. The minimum atomic E-state index is -0.145. The number of H-pyrrole nitrogens is 1. The van der Waals surface area contributed by atoms with Crippen molar-refractivity contribution in [1.82, 2.24) is 20.1 Å². The summed E-state index contributed by atoms with van der Waals surface area (Å²) in [6, 6.07) is 7.15. The van der Waals surface area contributed by atoms with Crippen LogP contribution in [0.2, 0.25) is 0 Å². The molecule has 0 bridgehead atoms. The first-order chi connectivity index (χ1) is 12.2. The zero-order chi connectivity index (χ0) is 17.2. The number of amides is 3. The van der Waals surface area contributed by atoms with Crippen LogP contribution in [-0.4, -0.2) is 45.1 Å². The number of urea groups is 1. The molecule has 130 valence electrons. The number of β-lactam (4-membered cyclic amide) rings is 1. The van der Waals surface area contributed by atoms with Crippen molar-refractivity contribution in [1.29, 1.82) is 0 Å². The lowest BCUT2D eigenvalue weighted by Gasteiger charge is -2.34. The molecule has 2 aliphatic rings. The Bertz CT molecular complexity index is 758. The molecule has 0 aliphatic carbocycles. The molecule has 3 heterocycles. The van der Waals surface area contributed by atoms with E-state index in [-0.39, 0.29) is 18.0 Å². The monoisotopic (exact) mass is 340 g/mol. The van der Waals surface area contributed by atoms with Gasteiger partial charge in [0.15, 0.2) is 0 Å². The number of carbonyl (C=O) groups excluding carboxylic acids is 2. The van der Waals surface area contributed by atoms with Crippen molar-refractivity contribution >= 4 is 23.3 Å². The number of nitrogens with one attached hydrogen (secondary N) is 2. The second-order valence-electron chi connectivity index (χ2n) is 6.35. The number of hydrogen-bond donors (Lipinski definition) is 2. The molecule has 1 aromatic heterocycles. The maximum atomic E-state index is 12.7. The molecule has 2 saturated heterocycles. The van der Waals surface area contributed by atoms with Gasteiger partial charge in [-0.2, -0.15) is 5.10 Å². The van der Waals surface area contributed by atoms with E-state index in [9.17, 15) is 9.59 Å². The van der Waals surface area contributed by atoms with Crippen LogP contribution in [0.5, 0.6) is 0 Å². The fourth-order valence-corrected chi connectivity index (χ4v) is 3.34. The molecule has 4 rings (SSSR count). The summed E-state index contributed by atoms with van der Waals surface area (Å²) >= 11 is 0. The lowest BCUT2D eigenvalue weighted by Crippen LogP contribution is -2.43. The topological polar surface area (TPSA) is 94.2 Å². The Labute approximate surface area is 145 Å². The lowest BCUT2D eigenvalue weighted by molar-refractivity contribution is -0.122. The number of likely N-dealkylation sites (tertiary alicyclic amines) is 1. The third kappa shape index (κ3) is 3.07. The van der Waals surface area contributed by atoms with E-state index in [1.807, 2.05) is 24.3 Å². The molecule has 0 spiro atoms. The SMILES string of the molecule is O=C1CCN1c1ccc(NC(=O)N2CCCCC2c2ncn[nH]2)cc1. The first-order valence-electron chi connectivity index (χ1n) is 8.56.